The fraction of sp³-hybridized carbons (Fsp3) is 0.588. The Balaban J connectivity index is 2.02. The molecule has 1 aromatic carbocycles. The zero-order valence-corrected chi connectivity index (χ0v) is 13.3. The average molecular weight is 324 g/mol. The maximum absolute atomic E-state index is 13.4. The number of amides is 1. The molecule has 6 heteroatoms. The monoisotopic (exact) mass is 324 g/mol. The molecule has 128 valence electrons. The molecule has 0 aliphatic carbocycles. The van der Waals surface area contributed by atoms with Crippen molar-refractivity contribution in [3.8, 4) is 5.75 Å². The molecule has 0 radical (unpaired) electrons. The van der Waals surface area contributed by atoms with Crippen LogP contribution in [0.3, 0.4) is 0 Å². The van der Waals surface area contributed by atoms with E-state index in [0.29, 0.717) is 31.6 Å². The summed E-state index contributed by atoms with van der Waals surface area (Å²) in [4.78, 5) is 13.9. The van der Waals surface area contributed by atoms with Gasteiger partial charge >= 0.3 is 0 Å². The summed E-state index contributed by atoms with van der Waals surface area (Å²) in [7, 11) is 0. The predicted octanol–water partition coefficient (Wildman–Crippen LogP) is 1.63. The third kappa shape index (κ3) is 5.48. The van der Waals surface area contributed by atoms with Crippen LogP contribution in [0.25, 0.3) is 0 Å². The van der Waals surface area contributed by atoms with Gasteiger partial charge in [0.1, 0.15) is 0 Å². The number of carbonyl (C=O) groups is 1. The Morgan fingerprint density at radius 1 is 1.30 bits per heavy atom. The summed E-state index contributed by atoms with van der Waals surface area (Å²) in [5.74, 6) is -0.771. The lowest BCUT2D eigenvalue weighted by Gasteiger charge is -2.23. The Bertz CT molecular complexity index is 525. The van der Waals surface area contributed by atoms with Crippen molar-refractivity contribution >= 4 is 5.91 Å². The van der Waals surface area contributed by atoms with Crippen molar-refractivity contribution in [2.24, 2.45) is 5.92 Å². The summed E-state index contributed by atoms with van der Waals surface area (Å²) in [5.41, 5.74) is 0.527. The number of aliphatic hydroxyl groups excluding tert-OH is 1. The highest BCUT2D eigenvalue weighted by Crippen LogP contribution is 2.23. The Morgan fingerprint density at radius 3 is 2.91 bits per heavy atom. The van der Waals surface area contributed by atoms with Crippen LogP contribution in [0.15, 0.2) is 18.2 Å². The number of hydrogen-bond acceptors (Lipinski definition) is 4. The van der Waals surface area contributed by atoms with Crippen molar-refractivity contribution < 1.29 is 19.4 Å². The average Bonchev–Trinajstić information content (AvgIpc) is 2.58. The van der Waals surface area contributed by atoms with Crippen LogP contribution >= 0.6 is 0 Å². The molecule has 0 saturated carbocycles. The molecule has 0 bridgehead atoms. The fourth-order valence-electron chi connectivity index (χ4n) is 2.89. The molecule has 1 aliphatic heterocycles. The third-order valence-corrected chi connectivity index (χ3v) is 4.34. The minimum absolute atomic E-state index is 0.0166. The summed E-state index contributed by atoms with van der Waals surface area (Å²) in [6.45, 7) is 2.43. The first-order valence-electron chi connectivity index (χ1n) is 8.16. The molecule has 1 aromatic rings. The number of nitrogens with zero attached hydrogens (tertiary/aromatic N) is 1. The van der Waals surface area contributed by atoms with Gasteiger partial charge in [0.25, 0.3) is 0 Å². The van der Waals surface area contributed by atoms with Crippen molar-refractivity contribution in [1.82, 2.24) is 10.2 Å². The molecule has 5 nitrogen and oxygen atoms in total. The number of rotatable bonds is 3. The first-order valence-corrected chi connectivity index (χ1v) is 8.16. The number of halogens is 1. The lowest BCUT2D eigenvalue weighted by molar-refractivity contribution is -0.121. The van der Waals surface area contributed by atoms with Crippen LogP contribution in [0.2, 0.25) is 0 Å². The fourth-order valence-corrected chi connectivity index (χ4v) is 2.89. The summed E-state index contributed by atoms with van der Waals surface area (Å²) in [6, 6.07) is 4.50. The molecule has 23 heavy (non-hydrogen) atoms. The van der Waals surface area contributed by atoms with Gasteiger partial charge in [-0.25, -0.2) is 4.39 Å². The second kappa shape index (κ2) is 8.84. The number of para-hydroxylation sites is 1. The van der Waals surface area contributed by atoms with Crippen molar-refractivity contribution in [3.05, 3.63) is 29.6 Å². The van der Waals surface area contributed by atoms with E-state index in [1.165, 1.54) is 6.07 Å². The lowest BCUT2D eigenvalue weighted by Crippen LogP contribution is -2.31. The first-order chi connectivity index (χ1) is 11.1. The highest BCUT2D eigenvalue weighted by Gasteiger charge is 2.16. The Morgan fingerprint density at radius 2 is 2.13 bits per heavy atom. The number of benzene rings is 1. The van der Waals surface area contributed by atoms with Gasteiger partial charge in [-0.3, -0.25) is 9.69 Å². The van der Waals surface area contributed by atoms with Crippen LogP contribution in [-0.2, 0) is 11.3 Å². The number of phenols is 1. The van der Waals surface area contributed by atoms with E-state index in [1.807, 2.05) is 4.90 Å². The van der Waals surface area contributed by atoms with E-state index in [-0.39, 0.29) is 24.2 Å². The van der Waals surface area contributed by atoms with Crippen molar-refractivity contribution in [2.75, 3.05) is 26.2 Å². The molecule has 1 unspecified atom stereocenters. The minimum Gasteiger partial charge on any atom is -0.505 e. The van der Waals surface area contributed by atoms with Crippen LogP contribution < -0.4 is 5.32 Å². The van der Waals surface area contributed by atoms with Crippen LogP contribution in [0.1, 0.15) is 31.2 Å². The van der Waals surface area contributed by atoms with E-state index in [4.69, 9.17) is 0 Å². The molecular formula is C17H25FN2O3. The Hall–Kier alpha value is -1.66. The number of nitrogens with one attached hydrogen (secondary N) is 1. The summed E-state index contributed by atoms with van der Waals surface area (Å²) >= 11 is 0. The smallest absolute Gasteiger partial charge is 0.221 e. The van der Waals surface area contributed by atoms with E-state index >= 15 is 0 Å². The molecule has 1 amide bonds. The number of phenolic OH excluding ortho intramolecular Hbond substituents is 1. The zero-order valence-electron chi connectivity index (χ0n) is 13.3. The van der Waals surface area contributed by atoms with E-state index in [2.05, 4.69) is 5.32 Å². The highest BCUT2D eigenvalue weighted by atomic mass is 19.1. The van der Waals surface area contributed by atoms with E-state index in [0.717, 1.165) is 25.8 Å². The third-order valence-electron chi connectivity index (χ3n) is 4.34. The second-order valence-electron chi connectivity index (χ2n) is 6.10. The van der Waals surface area contributed by atoms with Crippen molar-refractivity contribution in [1.29, 1.82) is 0 Å². The number of aliphatic hydroxyl groups is 1. The molecular weight excluding hydrogens is 299 g/mol. The maximum atomic E-state index is 13.4. The molecule has 1 aliphatic rings. The summed E-state index contributed by atoms with van der Waals surface area (Å²) < 4.78 is 13.4. The molecule has 0 spiro atoms. The first kappa shape index (κ1) is 17.7. The molecule has 1 fully saturated rings. The van der Waals surface area contributed by atoms with Gasteiger partial charge in [0.05, 0.1) is 0 Å². The lowest BCUT2D eigenvalue weighted by atomic mass is 10.0. The number of aromatic hydroxyl groups is 1. The second-order valence-corrected chi connectivity index (χ2v) is 6.10. The van der Waals surface area contributed by atoms with E-state index in [1.54, 1.807) is 12.1 Å². The summed E-state index contributed by atoms with van der Waals surface area (Å²) in [6.07, 6.45) is 2.94. The molecule has 1 atom stereocenters. The van der Waals surface area contributed by atoms with Gasteiger partial charge in [-0.05, 0) is 37.8 Å². The van der Waals surface area contributed by atoms with Crippen LogP contribution in [0, 0.1) is 11.7 Å². The van der Waals surface area contributed by atoms with E-state index in [9.17, 15) is 19.4 Å². The van der Waals surface area contributed by atoms with Gasteiger partial charge in [0.15, 0.2) is 11.6 Å². The quantitative estimate of drug-likeness (QED) is 0.790. The normalized spacial score (nSPS) is 21.5. The largest absolute Gasteiger partial charge is 0.505 e. The van der Waals surface area contributed by atoms with Gasteiger partial charge < -0.3 is 15.5 Å². The Labute approximate surface area is 136 Å². The molecule has 2 rings (SSSR count). The van der Waals surface area contributed by atoms with Crippen LogP contribution in [-0.4, -0.2) is 47.3 Å². The molecule has 1 saturated heterocycles. The van der Waals surface area contributed by atoms with Gasteiger partial charge in [-0.15, -0.1) is 0 Å². The van der Waals surface area contributed by atoms with Gasteiger partial charge in [-0.1, -0.05) is 12.1 Å². The maximum Gasteiger partial charge on any atom is 0.221 e. The standard InChI is InChI=1S/C17H25FN2O3/c18-15-5-1-4-14(17(15)23)11-20-9-2-3-13(12-21)6-8-19-16(22)7-10-20/h1,4-5,13,21,23H,2-3,6-12H2,(H,19,22). The molecule has 3 N–H and O–H groups in total. The Kier molecular flexibility index (Phi) is 6.80. The van der Waals surface area contributed by atoms with Crippen molar-refractivity contribution in [3.63, 3.8) is 0 Å². The zero-order chi connectivity index (χ0) is 16.7. The number of carbonyl (C=O) groups excluding carboxylic acids is 1. The van der Waals surface area contributed by atoms with E-state index < -0.39 is 5.82 Å². The number of hydrogen-bond donors (Lipinski definition) is 3. The minimum atomic E-state index is -0.626. The predicted molar refractivity (Wildman–Crippen MR) is 85.4 cm³/mol. The highest BCUT2D eigenvalue weighted by molar-refractivity contribution is 5.76. The molecule has 0 aromatic heterocycles. The van der Waals surface area contributed by atoms with Gasteiger partial charge in [0, 0.05) is 38.2 Å². The van der Waals surface area contributed by atoms with Crippen LogP contribution in [0.4, 0.5) is 4.39 Å². The molecule has 1 heterocycles. The van der Waals surface area contributed by atoms with Crippen molar-refractivity contribution in [2.45, 2.75) is 32.2 Å². The summed E-state index contributed by atoms with van der Waals surface area (Å²) in [5, 5.41) is 22.1. The van der Waals surface area contributed by atoms with Crippen LogP contribution in [0.5, 0.6) is 5.75 Å². The topological polar surface area (TPSA) is 72.8 Å². The SMILES string of the molecule is O=C1CCN(Cc2cccc(F)c2O)CCCC(CO)CCN1. The van der Waals surface area contributed by atoms with Gasteiger partial charge in [-0.2, -0.15) is 0 Å². The van der Waals surface area contributed by atoms with Gasteiger partial charge in [0.2, 0.25) is 5.91 Å².